The van der Waals surface area contributed by atoms with Gasteiger partial charge in [0.1, 0.15) is 135 Å². The molecule has 20 N–H and O–H groups in total. The van der Waals surface area contributed by atoms with Crippen LogP contribution in [-0.2, 0) is 80.6 Å². The molecule has 0 amide bonds. The lowest BCUT2D eigenvalue weighted by Gasteiger charge is -2.71. The second kappa shape index (κ2) is 34.9. The molecular weight excluding hydrogens is 1530 g/mol. The van der Waals surface area contributed by atoms with Crippen molar-refractivity contribution in [2.24, 2.45) is 50.2 Å². The van der Waals surface area contributed by atoms with Crippen LogP contribution in [0.4, 0.5) is 0 Å². The fraction of sp³-hybridized carbons (Fsp3) is 0.897. The topological polar surface area (TPSA) is 577 Å². The minimum absolute atomic E-state index is 0.0192. The summed E-state index contributed by atoms with van der Waals surface area (Å²) < 4.78 is 88.8. The summed E-state index contributed by atoms with van der Waals surface area (Å²) in [7, 11) is 0. The maximum Gasteiger partial charge on any atom is 0.336 e. The molecule has 7 heterocycles. The molecule has 0 radical (unpaired) electrons. The van der Waals surface area contributed by atoms with Gasteiger partial charge in [-0.05, 0) is 136 Å². The van der Waals surface area contributed by atoms with E-state index in [9.17, 15) is 107 Å². The van der Waals surface area contributed by atoms with Crippen LogP contribution in [-0.4, -0.2) is 362 Å². The maximum atomic E-state index is 16.1. The number of carbonyl (C=O) groups is 2. The minimum atomic E-state index is -2.94. The van der Waals surface area contributed by atoms with Crippen LogP contribution in [0.3, 0.4) is 0 Å². The van der Waals surface area contributed by atoms with Crippen molar-refractivity contribution in [3.63, 3.8) is 0 Å². The molecule has 40 atom stereocenters. The van der Waals surface area contributed by atoms with Crippen LogP contribution in [0.2, 0.25) is 0 Å². The predicted octanol–water partition coefficient (Wildman–Crippen LogP) is -4.47. The van der Waals surface area contributed by atoms with Crippen LogP contribution >= 0.6 is 0 Å². The molecule has 12 aliphatic rings. The number of aliphatic hydroxyl groups is 20. The van der Waals surface area contributed by atoms with Gasteiger partial charge in [0.25, 0.3) is 0 Å². The number of allylic oxidation sites excluding steroid dienone is 3. The zero-order chi connectivity index (χ0) is 84.1. The van der Waals surface area contributed by atoms with E-state index in [1.54, 1.807) is 0 Å². The highest BCUT2D eigenvalue weighted by Crippen LogP contribution is 2.76. The standard InChI is InChI=1S/C78H124O37/c1-11-73(7,99)18-12-13-34(26-79)63(97)101-31-41-49(87)51(89)61(112-67-56(94)52(90)58(33(2)107-67)109-66-57(95)59(40(83)30-104-66)110-64-54(92)46(84)37(80)27-102-64)69(108-41)113-70(98)77-23-21-71(3,4)25-36(77)35-14-15-44-74(8)19-17-45(72(5,6)43(74)16-20-76(44,10)75(35,9)22-24-77)115-78(100)62(96)53(91)50(88)42(114-78)32-106-68-60(48(86)39(82)29-105-68)111-65-55(93)47(85)38(81)28-103-65/h11,13-14,33,36-62,64-69,79-96,99-100H,1,12,15-32H2,2-10H3. The normalized spacial score (nSPS) is 50.5. The minimum Gasteiger partial charge on any atom is -0.459 e. The molecule has 0 aromatic carbocycles. The molecule has 0 aromatic heterocycles. The van der Waals surface area contributed by atoms with Crippen LogP contribution in [0.1, 0.15) is 139 Å². The molecule has 5 aliphatic carbocycles. The number of aliphatic hydroxyl groups excluding tert-OH is 18. The maximum absolute atomic E-state index is 16.1. The molecule has 0 bridgehead atoms. The summed E-state index contributed by atoms with van der Waals surface area (Å²) in [6, 6.07) is 0. The molecule has 4 saturated carbocycles. The van der Waals surface area contributed by atoms with Crippen molar-refractivity contribution in [1.29, 1.82) is 0 Å². The predicted molar refractivity (Wildman–Crippen MR) is 386 cm³/mol. The molecule has 7 aliphatic heterocycles. The number of hydrogen-bond acceptors (Lipinski definition) is 37. The average molecular weight is 1650 g/mol. The summed E-state index contributed by atoms with van der Waals surface area (Å²) in [5.41, 5.74) is -4.17. The fourth-order valence-electron chi connectivity index (χ4n) is 20.8. The summed E-state index contributed by atoms with van der Waals surface area (Å²) in [5.74, 6) is -5.27. The molecule has 0 spiro atoms. The van der Waals surface area contributed by atoms with E-state index in [1.807, 2.05) is 13.8 Å². The molecule has 37 heteroatoms. The number of hydrogen-bond donors (Lipinski definition) is 20. The van der Waals surface area contributed by atoms with Gasteiger partial charge in [-0.15, -0.1) is 6.58 Å². The molecule has 0 aromatic rings. The van der Waals surface area contributed by atoms with Gasteiger partial charge in [0.05, 0.1) is 68.4 Å². The zero-order valence-corrected chi connectivity index (χ0v) is 66.4. The van der Waals surface area contributed by atoms with Gasteiger partial charge in [-0.25, -0.2) is 4.79 Å². The number of esters is 2. The Kier molecular flexibility index (Phi) is 27.6. The Balaban J connectivity index is 0.760. The molecule has 40 unspecified atom stereocenters. The third kappa shape index (κ3) is 17.3. The third-order valence-corrected chi connectivity index (χ3v) is 28.3. The van der Waals surface area contributed by atoms with Gasteiger partial charge >= 0.3 is 17.9 Å². The lowest BCUT2D eigenvalue weighted by atomic mass is 9.33. The van der Waals surface area contributed by atoms with Crippen molar-refractivity contribution in [3.8, 4) is 0 Å². The molecule has 12 rings (SSSR count). The van der Waals surface area contributed by atoms with E-state index in [0.29, 0.717) is 64.2 Å². The first kappa shape index (κ1) is 91.1. The average Bonchev–Trinajstić information content (AvgIpc) is 0.673. The van der Waals surface area contributed by atoms with E-state index in [2.05, 4.69) is 47.3 Å². The van der Waals surface area contributed by atoms with Gasteiger partial charge in [0, 0.05) is 0 Å². The second-order valence-corrected chi connectivity index (χ2v) is 36.5. The fourth-order valence-corrected chi connectivity index (χ4v) is 20.8. The van der Waals surface area contributed by atoms with E-state index >= 15 is 4.79 Å². The lowest BCUT2D eigenvalue weighted by molar-refractivity contribution is -0.469. The van der Waals surface area contributed by atoms with Crippen molar-refractivity contribution in [2.75, 3.05) is 46.2 Å². The third-order valence-electron chi connectivity index (χ3n) is 28.3. The summed E-state index contributed by atoms with van der Waals surface area (Å²) >= 11 is 0. The SMILES string of the molecule is C=CC(C)(O)CCC=C(CO)C(=O)OCC1OC(OC(=O)C23CCC(C)(C)CC2C2=CCC4C5(C)CCC(OC6(O)OC(COC7OCC(O)C(O)C7OC7OCC(O)C(O)C7O)C(O)C(O)C6O)C(C)(C)C5CCC4(C)C2(C)CC3)C(OC2OC(C)C(OC3OCC(O)C(OC4OCC(O)C(O)C4O)C3O)C(O)C2O)C(O)C1O. The molecule has 658 valence electrons. The molecule has 11 fully saturated rings. The van der Waals surface area contributed by atoms with Gasteiger partial charge in [-0.2, -0.15) is 0 Å². The van der Waals surface area contributed by atoms with Gasteiger partial charge < -0.3 is 173 Å². The molecule has 115 heavy (non-hydrogen) atoms. The van der Waals surface area contributed by atoms with Crippen LogP contribution in [0.15, 0.2) is 36.0 Å². The molecular formula is C78H124O37. The number of ether oxygens (including phenoxy) is 15. The highest BCUT2D eigenvalue weighted by molar-refractivity contribution is 5.88. The highest BCUT2D eigenvalue weighted by atomic mass is 16.8. The first-order valence-corrected chi connectivity index (χ1v) is 40.2. The summed E-state index contributed by atoms with van der Waals surface area (Å²) in [4.78, 5) is 29.7. The number of fused-ring (bicyclic) bond motifs is 7. The first-order chi connectivity index (χ1) is 53.8. The number of carbonyl (C=O) groups excluding carboxylic acids is 2. The van der Waals surface area contributed by atoms with E-state index < -0.39 is 293 Å². The Labute approximate surface area is 666 Å². The van der Waals surface area contributed by atoms with Crippen molar-refractivity contribution >= 4 is 11.9 Å². The van der Waals surface area contributed by atoms with Gasteiger partial charge in [0.2, 0.25) is 6.29 Å². The zero-order valence-electron chi connectivity index (χ0n) is 66.4. The Morgan fingerprint density at radius 3 is 1.76 bits per heavy atom. The Morgan fingerprint density at radius 2 is 1.12 bits per heavy atom. The Bertz CT molecular complexity index is 3400. The second-order valence-electron chi connectivity index (χ2n) is 36.5. The van der Waals surface area contributed by atoms with Crippen molar-refractivity contribution in [3.05, 3.63) is 36.0 Å². The van der Waals surface area contributed by atoms with E-state index in [0.717, 1.165) is 5.57 Å². The van der Waals surface area contributed by atoms with E-state index in [1.165, 1.54) is 26.0 Å². The number of rotatable bonds is 23. The Hall–Kier alpha value is -3.16. The largest absolute Gasteiger partial charge is 0.459 e. The van der Waals surface area contributed by atoms with Crippen LogP contribution in [0.25, 0.3) is 0 Å². The summed E-state index contributed by atoms with van der Waals surface area (Å²) in [5, 5.41) is 221. The quantitative estimate of drug-likeness (QED) is 0.0151. The highest BCUT2D eigenvalue weighted by Gasteiger charge is 2.71. The van der Waals surface area contributed by atoms with Crippen molar-refractivity contribution in [2.45, 2.75) is 341 Å². The van der Waals surface area contributed by atoms with E-state index in [4.69, 9.17) is 71.1 Å². The summed E-state index contributed by atoms with van der Waals surface area (Å²) in [6.07, 6.45) is -43.4. The molecule has 7 saturated heterocycles. The first-order valence-electron chi connectivity index (χ1n) is 40.2. The monoisotopic (exact) mass is 1650 g/mol. The van der Waals surface area contributed by atoms with Gasteiger partial charge in [-0.3, -0.25) is 4.79 Å². The van der Waals surface area contributed by atoms with Crippen LogP contribution in [0, 0.1) is 50.2 Å². The Morgan fingerprint density at radius 1 is 0.574 bits per heavy atom. The lowest BCUT2D eigenvalue weighted by Crippen LogP contribution is -2.69. The molecule has 37 nitrogen and oxygen atoms in total. The van der Waals surface area contributed by atoms with Crippen LogP contribution < -0.4 is 0 Å². The summed E-state index contributed by atoms with van der Waals surface area (Å²) in [6.45, 7) is 17.5. The van der Waals surface area contributed by atoms with Crippen molar-refractivity contribution in [1.82, 2.24) is 0 Å². The van der Waals surface area contributed by atoms with Gasteiger partial charge in [0.15, 0.2) is 43.7 Å². The van der Waals surface area contributed by atoms with Gasteiger partial charge in [-0.1, -0.05) is 72.3 Å². The van der Waals surface area contributed by atoms with Crippen LogP contribution in [0.5, 0.6) is 0 Å². The van der Waals surface area contributed by atoms with Crippen molar-refractivity contribution < 1.29 is 183 Å². The smallest absolute Gasteiger partial charge is 0.336 e. The van der Waals surface area contributed by atoms with E-state index in [-0.39, 0.29) is 35.7 Å².